The van der Waals surface area contributed by atoms with Gasteiger partial charge in [0.15, 0.2) is 0 Å². The number of carbonyl (C=O) groups excluding carboxylic acids is 2. The van der Waals surface area contributed by atoms with Gasteiger partial charge >= 0.3 is 6.09 Å². The van der Waals surface area contributed by atoms with Gasteiger partial charge in [-0.1, -0.05) is 54.6 Å². The number of carbonyl (C=O) groups is 2. The number of hydrogen-bond acceptors (Lipinski definition) is 4. The second-order valence-corrected chi connectivity index (χ2v) is 9.44. The van der Waals surface area contributed by atoms with Gasteiger partial charge in [0.05, 0.1) is 5.41 Å². The van der Waals surface area contributed by atoms with Crippen molar-refractivity contribution in [3.8, 4) is 11.1 Å². The Labute approximate surface area is 179 Å². The van der Waals surface area contributed by atoms with Crippen LogP contribution in [0.4, 0.5) is 4.79 Å². The maximum atomic E-state index is 13.4. The highest BCUT2D eigenvalue weighted by molar-refractivity contribution is 5.97. The molecule has 2 aromatic carbocycles. The van der Waals surface area contributed by atoms with Gasteiger partial charge in [-0.15, -0.1) is 0 Å². The Morgan fingerprint density at radius 3 is 2.20 bits per heavy atom. The predicted molar refractivity (Wildman–Crippen MR) is 119 cm³/mol. The average Bonchev–Trinajstić information content (AvgIpc) is 2.97. The molecule has 2 amide bonds. The van der Waals surface area contributed by atoms with Crippen molar-refractivity contribution in [3.05, 3.63) is 60.2 Å². The first-order valence-electron chi connectivity index (χ1n) is 10.4. The third-order valence-electron chi connectivity index (χ3n) is 5.35. The molecule has 1 atom stereocenters. The first-order chi connectivity index (χ1) is 14.1. The van der Waals surface area contributed by atoms with Crippen LogP contribution in [-0.2, 0) is 16.0 Å². The number of ether oxygens (including phenoxy) is 1. The SMILES string of the molecule is CN(C)C[C@]1(Cc2ccc(-c3ccccc3)cc2)CCN(C(=O)OC(C)(C)C)C1=O. The number of nitrogens with zero attached hydrogens (tertiary/aromatic N) is 2. The topological polar surface area (TPSA) is 49.9 Å². The summed E-state index contributed by atoms with van der Waals surface area (Å²) in [7, 11) is 3.92. The summed E-state index contributed by atoms with van der Waals surface area (Å²) in [4.78, 5) is 29.3. The molecule has 0 spiro atoms. The van der Waals surface area contributed by atoms with E-state index in [-0.39, 0.29) is 5.91 Å². The Kier molecular flexibility index (Phi) is 6.32. The maximum Gasteiger partial charge on any atom is 0.417 e. The quantitative estimate of drug-likeness (QED) is 0.725. The molecule has 0 saturated carbocycles. The normalized spacial score (nSPS) is 19.4. The van der Waals surface area contributed by atoms with Crippen LogP contribution in [0, 0.1) is 5.41 Å². The van der Waals surface area contributed by atoms with Gasteiger partial charge < -0.3 is 9.64 Å². The molecule has 0 aliphatic carbocycles. The average molecular weight is 409 g/mol. The molecule has 5 nitrogen and oxygen atoms in total. The van der Waals surface area contributed by atoms with Crippen LogP contribution in [0.1, 0.15) is 32.8 Å². The Hall–Kier alpha value is -2.66. The zero-order valence-corrected chi connectivity index (χ0v) is 18.6. The second kappa shape index (κ2) is 8.60. The molecule has 0 bridgehead atoms. The van der Waals surface area contributed by atoms with Gasteiger partial charge in [0, 0.05) is 13.1 Å². The Balaban J connectivity index is 1.81. The van der Waals surface area contributed by atoms with Crippen LogP contribution < -0.4 is 0 Å². The van der Waals surface area contributed by atoms with Crippen LogP contribution in [0.15, 0.2) is 54.6 Å². The van der Waals surface area contributed by atoms with Crippen molar-refractivity contribution in [2.45, 2.75) is 39.2 Å². The van der Waals surface area contributed by atoms with Crippen molar-refractivity contribution >= 4 is 12.0 Å². The third kappa shape index (κ3) is 5.08. The van der Waals surface area contributed by atoms with E-state index in [4.69, 9.17) is 4.74 Å². The highest BCUT2D eigenvalue weighted by Gasteiger charge is 2.49. The van der Waals surface area contributed by atoms with E-state index in [1.54, 1.807) is 0 Å². The summed E-state index contributed by atoms with van der Waals surface area (Å²) in [6.45, 7) is 6.42. The van der Waals surface area contributed by atoms with Crippen LogP contribution in [0.2, 0.25) is 0 Å². The number of benzene rings is 2. The number of rotatable bonds is 5. The van der Waals surface area contributed by atoms with Crippen molar-refractivity contribution < 1.29 is 14.3 Å². The summed E-state index contributed by atoms with van der Waals surface area (Å²) in [5.41, 5.74) is 2.15. The summed E-state index contributed by atoms with van der Waals surface area (Å²) >= 11 is 0. The van der Waals surface area contributed by atoms with Crippen LogP contribution in [0.3, 0.4) is 0 Å². The minimum atomic E-state index is -0.630. The molecule has 160 valence electrons. The lowest BCUT2D eigenvalue weighted by Gasteiger charge is -2.31. The van der Waals surface area contributed by atoms with Crippen LogP contribution in [0.5, 0.6) is 0 Å². The molecule has 2 aromatic rings. The fraction of sp³-hybridized carbons (Fsp3) is 0.440. The van der Waals surface area contributed by atoms with E-state index in [1.165, 1.54) is 10.5 Å². The van der Waals surface area contributed by atoms with E-state index in [1.807, 2.05) is 58.0 Å². The Bertz CT molecular complexity index is 885. The van der Waals surface area contributed by atoms with E-state index in [0.29, 0.717) is 25.9 Å². The molecule has 1 heterocycles. The molecule has 1 fully saturated rings. The predicted octanol–water partition coefficient (Wildman–Crippen LogP) is 4.61. The summed E-state index contributed by atoms with van der Waals surface area (Å²) in [5.74, 6) is -0.141. The van der Waals surface area contributed by atoms with Gasteiger partial charge in [0.1, 0.15) is 5.60 Å². The Morgan fingerprint density at radius 1 is 1.03 bits per heavy atom. The summed E-state index contributed by atoms with van der Waals surface area (Å²) in [6, 6.07) is 18.6. The smallest absolute Gasteiger partial charge is 0.417 e. The second-order valence-electron chi connectivity index (χ2n) is 9.44. The minimum Gasteiger partial charge on any atom is -0.443 e. The van der Waals surface area contributed by atoms with Gasteiger partial charge in [-0.05, 0) is 64.4 Å². The number of hydrogen-bond donors (Lipinski definition) is 0. The van der Waals surface area contributed by atoms with Gasteiger partial charge in [-0.25, -0.2) is 9.69 Å². The van der Waals surface area contributed by atoms with E-state index < -0.39 is 17.1 Å². The summed E-state index contributed by atoms with van der Waals surface area (Å²) in [6.07, 6.45) is 0.676. The fourth-order valence-corrected chi connectivity index (χ4v) is 4.12. The van der Waals surface area contributed by atoms with Crippen molar-refractivity contribution in [2.24, 2.45) is 5.41 Å². The highest BCUT2D eigenvalue weighted by Crippen LogP contribution is 2.37. The minimum absolute atomic E-state index is 0.141. The molecule has 0 N–H and O–H groups in total. The molecule has 0 aromatic heterocycles. The fourth-order valence-electron chi connectivity index (χ4n) is 4.12. The molecule has 1 aliphatic rings. The summed E-state index contributed by atoms with van der Waals surface area (Å²) in [5, 5.41) is 0. The lowest BCUT2D eigenvalue weighted by molar-refractivity contribution is -0.136. The first-order valence-corrected chi connectivity index (χ1v) is 10.4. The third-order valence-corrected chi connectivity index (χ3v) is 5.35. The van der Waals surface area contributed by atoms with E-state index in [9.17, 15) is 9.59 Å². The van der Waals surface area contributed by atoms with Gasteiger partial charge in [0.25, 0.3) is 0 Å². The van der Waals surface area contributed by atoms with E-state index >= 15 is 0 Å². The zero-order valence-electron chi connectivity index (χ0n) is 18.6. The number of imide groups is 1. The number of likely N-dealkylation sites (tertiary alicyclic amines) is 1. The molecule has 1 aliphatic heterocycles. The largest absolute Gasteiger partial charge is 0.443 e. The zero-order chi connectivity index (χ0) is 21.9. The molecule has 0 unspecified atom stereocenters. The monoisotopic (exact) mass is 408 g/mol. The van der Waals surface area contributed by atoms with E-state index in [0.717, 1.165) is 11.1 Å². The van der Waals surface area contributed by atoms with Crippen LogP contribution >= 0.6 is 0 Å². The lowest BCUT2D eigenvalue weighted by Crippen LogP contribution is -2.46. The van der Waals surface area contributed by atoms with Crippen molar-refractivity contribution in [3.63, 3.8) is 0 Å². The van der Waals surface area contributed by atoms with Crippen molar-refractivity contribution in [1.29, 1.82) is 0 Å². The van der Waals surface area contributed by atoms with E-state index in [2.05, 4.69) is 36.4 Å². The highest BCUT2D eigenvalue weighted by atomic mass is 16.6. The lowest BCUT2D eigenvalue weighted by atomic mass is 9.79. The Morgan fingerprint density at radius 2 is 1.63 bits per heavy atom. The van der Waals surface area contributed by atoms with Gasteiger partial charge in [-0.2, -0.15) is 0 Å². The molecule has 5 heteroatoms. The number of amides is 2. The van der Waals surface area contributed by atoms with Crippen LogP contribution in [-0.4, -0.2) is 54.6 Å². The summed E-state index contributed by atoms with van der Waals surface area (Å²) < 4.78 is 5.46. The molecular formula is C25H32N2O3. The standard InChI is InChI=1S/C25H32N2O3/c1-24(2,3)30-23(29)27-16-15-25(22(27)28,18-26(4)5)17-19-11-13-21(14-12-19)20-9-7-6-8-10-20/h6-14H,15-18H2,1-5H3/t25-/m1/s1. The van der Waals surface area contributed by atoms with Crippen LogP contribution in [0.25, 0.3) is 11.1 Å². The molecule has 3 rings (SSSR count). The maximum absolute atomic E-state index is 13.4. The molecular weight excluding hydrogens is 376 g/mol. The van der Waals surface area contributed by atoms with Gasteiger partial charge in [-0.3, -0.25) is 4.79 Å². The molecule has 1 saturated heterocycles. The first kappa shape index (κ1) is 22.0. The molecule has 0 radical (unpaired) electrons. The van der Waals surface area contributed by atoms with Gasteiger partial charge in [0.2, 0.25) is 5.91 Å². The molecule has 30 heavy (non-hydrogen) atoms. The van der Waals surface area contributed by atoms with Crippen molar-refractivity contribution in [1.82, 2.24) is 9.80 Å². The van der Waals surface area contributed by atoms with Crippen molar-refractivity contribution in [2.75, 3.05) is 27.2 Å².